The van der Waals surface area contributed by atoms with E-state index in [1.807, 2.05) is 92.7 Å². The second-order valence-corrected chi connectivity index (χ2v) is 7.45. The van der Waals surface area contributed by atoms with Gasteiger partial charge in [0, 0.05) is 16.8 Å². The summed E-state index contributed by atoms with van der Waals surface area (Å²) in [5.74, 6) is 0.412. The van der Waals surface area contributed by atoms with E-state index in [1.165, 1.54) is 0 Å². The van der Waals surface area contributed by atoms with E-state index in [0.29, 0.717) is 11.5 Å². The van der Waals surface area contributed by atoms with Gasteiger partial charge in [0.2, 0.25) is 5.89 Å². The Hall–Kier alpha value is -3.92. The Labute approximate surface area is 174 Å². The number of hydrogen-bond donors (Lipinski definition) is 1. The number of carbonyl (C=O) groups is 1. The summed E-state index contributed by atoms with van der Waals surface area (Å²) in [5.41, 5.74) is 5.87. The molecule has 4 heteroatoms. The molecule has 0 aliphatic heterocycles. The number of aromatic nitrogens is 1. The largest absolute Gasteiger partial charge is 0.436 e. The fourth-order valence-electron chi connectivity index (χ4n) is 3.77. The number of fused-ring (bicyclic) bond motifs is 2. The highest BCUT2D eigenvalue weighted by Gasteiger charge is 2.16. The second-order valence-electron chi connectivity index (χ2n) is 7.45. The van der Waals surface area contributed by atoms with E-state index in [0.717, 1.165) is 44.2 Å². The van der Waals surface area contributed by atoms with Gasteiger partial charge < -0.3 is 9.73 Å². The first kappa shape index (κ1) is 18.1. The van der Waals surface area contributed by atoms with E-state index < -0.39 is 0 Å². The van der Waals surface area contributed by atoms with Crippen molar-refractivity contribution in [2.24, 2.45) is 0 Å². The number of aryl methyl sites for hydroxylation is 1. The zero-order valence-corrected chi connectivity index (χ0v) is 16.8. The van der Waals surface area contributed by atoms with Crippen LogP contribution in [0.4, 0.5) is 5.69 Å². The lowest BCUT2D eigenvalue weighted by molar-refractivity contribution is 0.102. The molecule has 146 valence electrons. The van der Waals surface area contributed by atoms with Crippen molar-refractivity contribution in [1.82, 2.24) is 4.98 Å². The van der Waals surface area contributed by atoms with Gasteiger partial charge in [0.15, 0.2) is 5.58 Å². The summed E-state index contributed by atoms with van der Waals surface area (Å²) in [7, 11) is 0. The van der Waals surface area contributed by atoms with Crippen LogP contribution in [0, 0.1) is 13.8 Å². The summed E-state index contributed by atoms with van der Waals surface area (Å²) in [6, 6.07) is 25.3. The highest BCUT2D eigenvalue weighted by atomic mass is 16.3. The van der Waals surface area contributed by atoms with Crippen LogP contribution in [0.25, 0.3) is 33.3 Å². The molecule has 0 saturated heterocycles. The van der Waals surface area contributed by atoms with Crippen LogP contribution in [0.5, 0.6) is 0 Å². The van der Waals surface area contributed by atoms with Crippen LogP contribution in [-0.4, -0.2) is 10.9 Å². The van der Waals surface area contributed by atoms with Gasteiger partial charge in [-0.15, -0.1) is 0 Å². The average Bonchev–Trinajstić information content (AvgIpc) is 3.17. The molecule has 1 N–H and O–H groups in total. The summed E-state index contributed by atoms with van der Waals surface area (Å²) < 4.78 is 5.97. The Bertz CT molecular complexity index is 1410. The van der Waals surface area contributed by atoms with Crippen molar-refractivity contribution in [3.8, 4) is 11.5 Å². The molecule has 5 rings (SSSR count). The summed E-state index contributed by atoms with van der Waals surface area (Å²) in [6.45, 7) is 4.00. The Kier molecular flexibility index (Phi) is 4.32. The first-order valence-electron chi connectivity index (χ1n) is 9.86. The number of benzene rings is 4. The van der Waals surface area contributed by atoms with Crippen LogP contribution < -0.4 is 5.32 Å². The maximum absolute atomic E-state index is 13.1. The number of anilines is 1. The quantitative estimate of drug-likeness (QED) is 0.380. The zero-order chi connectivity index (χ0) is 20.7. The monoisotopic (exact) mass is 392 g/mol. The normalized spacial score (nSPS) is 11.1. The fourth-order valence-corrected chi connectivity index (χ4v) is 3.77. The molecular formula is C26H20N2O2. The van der Waals surface area contributed by atoms with Gasteiger partial charge in [-0.1, -0.05) is 48.5 Å². The molecule has 1 aromatic heterocycles. The highest BCUT2D eigenvalue weighted by molar-refractivity contribution is 6.13. The van der Waals surface area contributed by atoms with Gasteiger partial charge >= 0.3 is 0 Å². The Morgan fingerprint density at radius 2 is 1.70 bits per heavy atom. The molecule has 1 heterocycles. The smallest absolute Gasteiger partial charge is 0.256 e. The number of carbonyl (C=O) groups excluding carboxylic acids is 1. The van der Waals surface area contributed by atoms with Crippen LogP contribution in [0.3, 0.4) is 0 Å². The van der Waals surface area contributed by atoms with Gasteiger partial charge in [-0.05, 0) is 66.1 Å². The average molecular weight is 392 g/mol. The third-order valence-corrected chi connectivity index (χ3v) is 5.39. The van der Waals surface area contributed by atoms with E-state index in [2.05, 4.69) is 10.3 Å². The molecule has 0 fully saturated rings. The SMILES string of the molecule is Cc1ccc2oc(-c3cccc(NC(=O)c4cccc5ccccc45)c3C)nc2c1. The minimum absolute atomic E-state index is 0.139. The summed E-state index contributed by atoms with van der Waals surface area (Å²) in [6.07, 6.45) is 0. The van der Waals surface area contributed by atoms with E-state index >= 15 is 0 Å². The van der Waals surface area contributed by atoms with Gasteiger partial charge in [-0.25, -0.2) is 4.98 Å². The van der Waals surface area contributed by atoms with Gasteiger partial charge in [0.05, 0.1) is 0 Å². The molecule has 30 heavy (non-hydrogen) atoms. The summed E-state index contributed by atoms with van der Waals surface area (Å²) in [4.78, 5) is 17.7. The molecule has 0 saturated carbocycles. The number of rotatable bonds is 3. The third-order valence-electron chi connectivity index (χ3n) is 5.39. The fraction of sp³-hybridized carbons (Fsp3) is 0.0769. The maximum atomic E-state index is 13.1. The van der Waals surface area contributed by atoms with Gasteiger partial charge in [-0.3, -0.25) is 4.79 Å². The minimum atomic E-state index is -0.139. The Morgan fingerprint density at radius 1 is 0.900 bits per heavy atom. The molecule has 0 spiro atoms. The van der Waals surface area contributed by atoms with E-state index in [1.54, 1.807) is 0 Å². The third kappa shape index (κ3) is 3.12. The van der Waals surface area contributed by atoms with E-state index in [9.17, 15) is 4.79 Å². The first-order valence-corrected chi connectivity index (χ1v) is 9.86. The first-order chi connectivity index (χ1) is 14.6. The maximum Gasteiger partial charge on any atom is 0.256 e. The minimum Gasteiger partial charge on any atom is -0.436 e. The Morgan fingerprint density at radius 3 is 2.60 bits per heavy atom. The van der Waals surface area contributed by atoms with Crippen LogP contribution in [0.2, 0.25) is 0 Å². The highest BCUT2D eigenvalue weighted by Crippen LogP contribution is 2.31. The summed E-state index contributed by atoms with van der Waals surface area (Å²) >= 11 is 0. The molecular weight excluding hydrogens is 372 g/mol. The number of amides is 1. The standard InChI is InChI=1S/C26H20N2O2/c1-16-13-14-24-23(15-16)28-26(30-24)19-10-6-12-22(17(19)2)27-25(29)21-11-5-8-18-7-3-4-9-20(18)21/h3-15H,1-2H3,(H,27,29). The lowest BCUT2D eigenvalue weighted by Crippen LogP contribution is -2.13. The van der Waals surface area contributed by atoms with Crippen molar-refractivity contribution < 1.29 is 9.21 Å². The predicted molar refractivity (Wildman–Crippen MR) is 121 cm³/mol. The molecule has 0 unspecified atom stereocenters. The van der Waals surface area contributed by atoms with Crippen LogP contribution in [-0.2, 0) is 0 Å². The summed E-state index contributed by atoms with van der Waals surface area (Å²) in [5, 5.41) is 5.03. The molecule has 0 radical (unpaired) electrons. The van der Waals surface area contributed by atoms with Crippen molar-refractivity contribution in [3.05, 3.63) is 95.6 Å². The van der Waals surface area contributed by atoms with Gasteiger partial charge in [0.25, 0.3) is 5.91 Å². The van der Waals surface area contributed by atoms with Crippen molar-refractivity contribution in [2.75, 3.05) is 5.32 Å². The molecule has 5 aromatic rings. The molecule has 4 aromatic carbocycles. The van der Waals surface area contributed by atoms with E-state index in [-0.39, 0.29) is 5.91 Å². The lowest BCUT2D eigenvalue weighted by Gasteiger charge is -2.12. The number of oxazole rings is 1. The van der Waals surface area contributed by atoms with E-state index in [4.69, 9.17) is 4.42 Å². The van der Waals surface area contributed by atoms with Crippen LogP contribution in [0.15, 0.2) is 83.3 Å². The molecule has 4 nitrogen and oxygen atoms in total. The zero-order valence-electron chi connectivity index (χ0n) is 16.8. The van der Waals surface area contributed by atoms with Crippen molar-refractivity contribution in [2.45, 2.75) is 13.8 Å². The van der Waals surface area contributed by atoms with Crippen molar-refractivity contribution in [3.63, 3.8) is 0 Å². The molecule has 1 amide bonds. The Balaban J connectivity index is 1.52. The number of nitrogens with one attached hydrogen (secondary N) is 1. The number of hydrogen-bond acceptors (Lipinski definition) is 3. The topological polar surface area (TPSA) is 55.1 Å². The van der Waals surface area contributed by atoms with Gasteiger partial charge in [0.1, 0.15) is 5.52 Å². The van der Waals surface area contributed by atoms with Crippen LogP contribution in [0.1, 0.15) is 21.5 Å². The molecule has 0 atom stereocenters. The lowest BCUT2D eigenvalue weighted by atomic mass is 10.0. The molecule has 0 aliphatic carbocycles. The molecule has 0 bridgehead atoms. The van der Waals surface area contributed by atoms with Gasteiger partial charge in [-0.2, -0.15) is 0 Å². The number of nitrogens with zero attached hydrogens (tertiary/aromatic N) is 1. The van der Waals surface area contributed by atoms with Crippen LogP contribution >= 0.6 is 0 Å². The second kappa shape index (κ2) is 7.16. The van der Waals surface area contributed by atoms with Crippen molar-refractivity contribution in [1.29, 1.82) is 0 Å². The van der Waals surface area contributed by atoms with Crippen molar-refractivity contribution >= 4 is 33.5 Å². The molecule has 0 aliphatic rings. The predicted octanol–water partition coefficient (Wildman–Crippen LogP) is 6.52.